The fourth-order valence-corrected chi connectivity index (χ4v) is 2.04. The summed E-state index contributed by atoms with van der Waals surface area (Å²) >= 11 is 0. The van der Waals surface area contributed by atoms with Crippen molar-refractivity contribution in [1.82, 2.24) is 10.2 Å². The van der Waals surface area contributed by atoms with Crippen LogP contribution in [0.4, 0.5) is 4.39 Å². The van der Waals surface area contributed by atoms with E-state index in [1.54, 1.807) is 12.1 Å². The lowest BCUT2D eigenvalue weighted by atomic mass is 10.0. The van der Waals surface area contributed by atoms with Crippen molar-refractivity contribution in [3.8, 4) is 0 Å². The second kappa shape index (κ2) is 7.49. The molecule has 1 rings (SSSR count). The predicted molar refractivity (Wildman–Crippen MR) is 75.0 cm³/mol. The topological polar surface area (TPSA) is 15.3 Å². The van der Waals surface area contributed by atoms with Gasteiger partial charge in [-0.3, -0.25) is 4.90 Å². The highest BCUT2D eigenvalue weighted by Gasteiger charge is 2.16. The molecule has 0 aliphatic rings. The maximum absolute atomic E-state index is 13.1. The van der Waals surface area contributed by atoms with E-state index in [1.807, 2.05) is 6.07 Å². The van der Waals surface area contributed by atoms with E-state index < -0.39 is 0 Å². The zero-order valence-corrected chi connectivity index (χ0v) is 11.9. The zero-order chi connectivity index (χ0) is 13.5. The van der Waals surface area contributed by atoms with E-state index in [-0.39, 0.29) is 5.82 Å². The molecular formula is C15H25FN2. The fraction of sp³-hybridized carbons (Fsp3) is 0.600. The highest BCUT2D eigenvalue weighted by Crippen LogP contribution is 2.13. The summed E-state index contributed by atoms with van der Waals surface area (Å²) in [4.78, 5) is 2.27. The van der Waals surface area contributed by atoms with Crippen LogP contribution in [-0.4, -0.2) is 31.1 Å². The van der Waals surface area contributed by atoms with Gasteiger partial charge in [-0.15, -0.1) is 0 Å². The number of hydrogen-bond acceptors (Lipinski definition) is 2. The van der Waals surface area contributed by atoms with E-state index in [2.05, 4.69) is 38.0 Å². The third-order valence-corrected chi connectivity index (χ3v) is 3.56. The van der Waals surface area contributed by atoms with Gasteiger partial charge in [-0.05, 0) is 50.7 Å². The monoisotopic (exact) mass is 252 g/mol. The van der Waals surface area contributed by atoms with Crippen LogP contribution < -0.4 is 5.32 Å². The molecule has 1 N–H and O–H groups in total. The SMILES string of the molecule is CCNCC(C)C(C)N(C)Cc1cccc(F)c1. The van der Waals surface area contributed by atoms with Crippen molar-refractivity contribution in [2.75, 3.05) is 20.1 Å². The Morgan fingerprint density at radius 3 is 2.67 bits per heavy atom. The number of benzene rings is 1. The molecule has 0 saturated heterocycles. The minimum absolute atomic E-state index is 0.158. The van der Waals surface area contributed by atoms with E-state index in [4.69, 9.17) is 0 Å². The molecule has 2 unspecified atom stereocenters. The quantitative estimate of drug-likeness (QED) is 0.802. The van der Waals surface area contributed by atoms with Crippen LogP contribution in [0.25, 0.3) is 0 Å². The summed E-state index contributed by atoms with van der Waals surface area (Å²) in [6.07, 6.45) is 0. The van der Waals surface area contributed by atoms with Crippen molar-refractivity contribution in [3.05, 3.63) is 35.6 Å². The van der Waals surface area contributed by atoms with Crippen LogP contribution in [-0.2, 0) is 6.54 Å². The van der Waals surface area contributed by atoms with Crippen LogP contribution in [0.5, 0.6) is 0 Å². The molecule has 1 aromatic rings. The van der Waals surface area contributed by atoms with E-state index in [0.717, 1.165) is 25.2 Å². The summed E-state index contributed by atoms with van der Waals surface area (Å²) in [6.45, 7) is 9.40. The summed E-state index contributed by atoms with van der Waals surface area (Å²) in [5.74, 6) is 0.415. The maximum atomic E-state index is 13.1. The molecule has 0 amide bonds. The van der Waals surface area contributed by atoms with Gasteiger partial charge in [0.05, 0.1) is 0 Å². The van der Waals surface area contributed by atoms with E-state index in [9.17, 15) is 4.39 Å². The Hall–Kier alpha value is -0.930. The molecule has 3 heteroatoms. The van der Waals surface area contributed by atoms with Crippen LogP contribution in [0.15, 0.2) is 24.3 Å². The first-order chi connectivity index (χ1) is 8.54. The highest BCUT2D eigenvalue weighted by molar-refractivity contribution is 5.16. The highest BCUT2D eigenvalue weighted by atomic mass is 19.1. The maximum Gasteiger partial charge on any atom is 0.123 e. The molecular weight excluding hydrogens is 227 g/mol. The Morgan fingerprint density at radius 1 is 1.33 bits per heavy atom. The molecule has 0 spiro atoms. The van der Waals surface area contributed by atoms with Gasteiger partial charge in [0.15, 0.2) is 0 Å². The van der Waals surface area contributed by atoms with Crippen LogP contribution in [0, 0.1) is 11.7 Å². The summed E-state index contributed by atoms with van der Waals surface area (Å²) in [7, 11) is 2.10. The molecule has 0 heterocycles. The Labute approximate surface area is 110 Å². The lowest BCUT2D eigenvalue weighted by Gasteiger charge is -2.30. The van der Waals surface area contributed by atoms with E-state index >= 15 is 0 Å². The van der Waals surface area contributed by atoms with Crippen LogP contribution in [0.2, 0.25) is 0 Å². The van der Waals surface area contributed by atoms with Gasteiger partial charge in [0.2, 0.25) is 0 Å². The summed E-state index contributed by atoms with van der Waals surface area (Å²) in [5, 5.41) is 3.37. The number of halogens is 1. The van der Waals surface area contributed by atoms with Gasteiger partial charge in [0, 0.05) is 12.6 Å². The zero-order valence-electron chi connectivity index (χ0n) is 11.9. The molecule has 0 saturated carbocycles. The van der Waals surface area contributed by atoms with Gasteiger partial charge < -0.3 is 5.32 Å². The first-order valence-corrected chi connectivity index (χ1v) is 6.70. The summed E-state index contributed by atoms with van der Waals surface area (Å²) in [6, 6.07) is 7.30. The average molecular weight is 252 g/mol. The fourth-order valence-electron chi connectivity index (χ4n) is 2.04. The molecule has 2 nitrogen and oxygen atoms in total. The van der Waals surface area contributed by atoms with Crippen molar-refractivity contribution in [3.63, 3.8) is 0 Å². The summed E-state index contributed by atoms with van der Waals surface area (Å²) in [5.41, 5.74) is 1.03. The van der Waals surface area contributed by atoms with Gasteiger partial charge >= 0.3 is 0 Å². The third kappa shape index (κ3) is 4.75. The lowest BCUT2D eigenvalue weighted by Crippen LogP contribution is -2.38. The minimum Gasteiger partial charge on any atom is -0.317 e. The normalized spacial score (nSPS) is 14.8. The van der Waals surface area contributed by atoms with E-state index in [0.29, 0.717) is 12.0 Å². The Kier molecular flexibility index (Phi) is 6.30. The minimum atomic E-state index is -0.158. The van der Waals surface area contributed by atoms with Crippen LogP contribution >= 0.6 is 0 Å². The van der Waals surface area contributed by atoms with Crippen molar-refractivity contribution in [2.24, 2.45) is 5.92 Å². The number of hydrogen-bond donors (Lipinski definition) is 1. The van der Waals surface area contributed by atoms with Gasteiger partial charge in [-0.25, -0.2) is 4.39 Å². The van der Waals surface area contributed by atoms with Gasteiger partial charge in [0.1, 0.15) is 5.82 Å². The van der Waals surface area contributed by atoms with Gasteiger partial charge in [-0.1, -0.05) is 26.0 Å². The molecule has 2 atom stereocenters. The Balaban J connectivity index is 2.51. The molecule has 0 aliphatic heterocycles. The summed E-state index contributed by atoms with van der Waals surface area (Å²) < 4.78 is 13.1. The van der Waals surface area contributed by atoms with Crippen LogP contribution in [0.3, 0.4) is 0 Å². The largest absolute Gasteiger partial charge is 0.317 e. The first kappa shape index (κ1) is 15.1. The van der Waals surface area contributed by atoms with Crippen molar-refractivity contribution >= 4 is 0 Å². The Bertz CT molecular complexity index is 354. The molecule has 102 valence electrons. The smallest absolute Gasteiger partial charge is 0.123 e. The van der Waals surface area contributed by atoms with E-state index in [1.165, 1.54) is 6.07 Å². The van der Waals surface area contributed by atoms with Crippen molar-refractivity contribution in [1.29, 1.82) is 0 Å². The number of rotatable bonds is 7. The molecule has 0 aromatic heterocycles. The molecule has 18 heavy (non-hydrogen) atoms. The molecule has 0 aliphatic carbocycles. The second-order valence-corrected chi connectivity index (χ2v) is 5.07. The predicted octanol–water partition coefficient (Wildman–Crippen LogP) is 2.89. The average Bonchev–Trinajstić information content (AvgIpc) is 2.35. The lowest BCUT2D eigenvalue weighted by molar-refractivity contribution is 0.189. The van der Waals surface area contributed by atoms with Gasteiger partial charge in [0.25, 0.3) is 0 Å². The molecule has 0 fully saturated rings. The van der Waals surface area contributed by atoms with Crippen molar-refractivity contribution in [2.45, 2.75) is 33.4 Å². The van der Waals surface area contributed by atoms with Crippen molar-refractivity contribution < 1.29 is 4.39 Å². The van der Waals surface area contributed by atoms with Gasteiger partial charge in [-0.2, -0.15) is 0 Å². The Morgan fingerprint density at radius 2 is 2.06 bits per heavy atom. The number of nitrogens with one attached hydrogen (secondary N) is 1. The number of nitrogens with zero attached hydrogens (tertiary/aromatic N) is 1. The standard InChI is InChI=1S/C15H25FN2/c1-5-17-10-12(2)13(3)18(4)11-14-7-6-8-15(16)9-14/h6-9,12-13,17H,5,10-11H2,1-4H3. The third-order valence-electron chi connectivity index (χ3n) is 3.56. The van der Waals surface area contributed by atoms with Crippen LogP contribution in [0.1, 0.15) is 26.3 Å². The molecule has 0 radical (unpaired) electrons. The molecule has 0 bridgehead atoms. The molecule has 1 aromatic carbocycles. The second-order valence-electron chi connectivity index (χ2n) is 5.07. The first-order valence-electron chi connectivity index (χ1n) is 6.70.